The molecule has 1 aromatic heterocycles. The van der Waals surface area contributed by atoms with E-state index in [1.165, 1.54) is 25.7 Å². The Morgan fingerprint density at radius 2 is 2.00 bits per heavy atom. The van der Waals surface area contributed by atoms with Gasteiger partial charge in [0.1, 0.15) is 12.1 Å². The van der Waals surface area contributed by atoms with E-state index in [-0.39, 0.29) is 0 Å². The van der Waals surface area contributed by atoms with Crippen LogP contribution < -0.4 is 4.90 Å². The molecular weight excluding hydrogens is 313 g/mol. The quantitative estimate of drug-likeness (QED) is 0.780. The maximum atomic E-state index is 4.38. The minimum atomic E-state index is 0.652. The van der Waals surface area contributed by atoms with E-state index in [1.54, 1.807) is 6.33 Å². The Morgan fingerprint density at radius 3 is 2.62 bits per heavy atom. The lowest BCUT2D eigenvalue weighted by molar-refractivity contribution is 0.339. The third-order valence-corrected chi connectivity index (χ3v) is 4.28. The molecule has 1 aromatic rings. The van der Waals surface area contributed by atoms with Crippen molar-refractivity contribution in [2.45, 2.75) is 38.6 Å². The van der Waals surface area contributed by atoms with Gasteiger partial charge in [0.05, 0.1) is 3.57 Å². The van der Waals surface area contributed by atoms with Gasteiger partial charge in [-0.3, -0.25) is 0 Å². The summed E-state index contributed by atoms with van der Waals surface area (Å²) in [7, 11) is 2.16. The number of rotatable bonds is 2. The second-order valence-corrected chi connectivity index (χ2v) is 5.88. The second-order valence-electron chi connectivity index (χ2n) is 4.72. The zero-order valence-electron chi connectivity index (χ0n) is 9.86. The van der Waals surface area contributed by atoms with E-state index in [4.69, 9.17) is 0 Å². The Hall–Kier alpha value is -0.390. The molecule has 0 aromatic carbocycles. The van der Waals surface area contributed by atoms with Gasteiger partial charge in [-0.25, -0.2) is 9.97 Å². The highest BCUT2D eigenvalue weighted by Crippen LogP contribution is 2.29. The second kappa shape index (κ2) is 5.29. The Bertz CT molecular complexity index is 348. The molecule has 0 atom stereocenters. The topological polar surface area (TPSA) is 29.0 Å². The van der Waals surface area contributed by atoms with E-state index >= 15 is 0 Å². The first-order valence-corrected chi connectivity index (χ1v) is 6.94. The minimum Gasteiger partial charge on any atom is -0.356 e. The van der Waals surface area contributed by atoms with Gasteiger partial charge >= 0.3 is 0 Å². The van der Waals surface area contributed by atoms with Gasteiger partial charge in [-0.1, -0.05) is 6.92 Å². The molecular formula is C12H18IN3. The van der Waals surface area contributed by atoms with E-state index in [9.17, 15) is 0 Å². The lowest BCUT2D eigenvalue weighted by Gasteiger charge is -2.34. The first-order chi connectivity index (χ1) is 7.68. The third-order valence-electron chi connectivity index (χ3n) is 3.52. The van der Waals surface area contributed by atoms with Crippen LogP contribution in [0.25, 0.3) is 0 Å². The molecule has 88 valence electrons. The number of anilines is 1. The first kappa shape index (κ1) is 12.1. The molecule has 0 spiro atoms. The van der Waals surface area contributed by atoms with Crippen molar-refractivity contribution in [2.75, 3.05) is 11.9 Å². The Kier molecular flexibility index (Phi) is 4.00. The predicted octanol–water partition coefficient (Wildman–Crippen LogP) is 3.10. The highest BCUT2D eigenvalue weighted by atomic mass is 127. The molecule has 3 nitrogen and oxygen atoms in total. The van der Waals surface area contributed by atoms with Gasteiger partial charge in [-0.05, 0) is 54.2 Å². The molecule has 16 heavy (non-hydrogen) atoms. The first-order valence-electron chi connectivity index (χ1n) is 5.87. The van der Waals surface area contributed by atoms with Crippen LogP contribution in [0.5, 0.6) is 0 Å². The Labute approximate surface area is 111 Å². The zero-order chi connectivity index (χ0) is 11.5. The van der Waals surface area contributed by atoms with Gasteiger partial charge in [0.15, 0.2) is 0 Å². The summed E-state index contributed by atoms with van der Waals surface area (Å²) in [5.74, 6) is 1.98. The monoisotopic (exact) mass is 331 g/mol. The van der Waals surface area contributed by atoms with Crippen LogP contribution in [0.15, 0.2) is 12.5 Å². The summed E-state index contributed by atoms with van der Waals surface area (Å²) < 4.78 is 1.14. The number of aromatic nitrogens is 2. The van der Waals surface area contributed by atoms with Crippen molar-refractivity contribution in [1.29, 1.82) is 0 Å². The standard InChI is InChI=1S/C12H18IN3/c1-9-3-5-10(6-4-9)16(2)12-11(13)7-14-8-15-12/h7-10H,3-6H2,1-2H3. The summed E-state index contributed by atoms with van der Waals surface area (Å²) in [6.07, 6.45) is 8.78. The lowest BCUT2D eigenvalue weighted by atomic mass is 9.87. The Balaban J connectivity index is 2.07. The van der Waals surface area contributed by atoms with Gasteiger partial charge < -0.3 is 4.90 Å². The fourth-order valence-electron chi connectivity index (χ4n) is 2.37. The lowest BCUT2D eigenvalue weighted by Crippen LogP contribution is -2.35. The van der Waals surface area contributed by atoms with Gasteiger partial charge in [0.2, 0.25) is 0 Å². The summed E-state index contributed by atoms with van der Waals surface area (Å²) in [6.45, 7) is 2.35. The highest BCUT2D eigenvalue weighted by Gasteiger charge is 2.23. The van der Waals surface area contributed by atoms with Gasteiger partial charge in [-0.15, -0.1) is 0 Å². The number of nitrogens with zero attached hydrogens (tertiary/aromatic N) is 3. The normalized spacial score (nSPS) is 25.4. The largest absolute Gasteiger partial charge is 0.356 e. The van der Waals surface area contributed by atoms with Gasteiger partial charge in [0.25, 0.3) is 0 Å². The summed E-state index contributed by atoms with van der Waals surface area (Å²) >= 11 is 2.31. The number of hydrogen-bond acceptors (Lipinski definition) is 3. The molecule has 4 heteroatoms. The van der Waals surface area contributed by atoms with Crippen molar-refractivity contribution in [3.8, 4) is 0 Å². The molecule has 1 saturated carbocycles. The van der Waals surface area contributed by atoms with Crippen molar-refractivity contribution in [1.82, 2.24) is 9.97 Å². The van der Waals surface area contributed by atoms with Crippen LogP contribution in [-0.4, -0.2) is 23.1 Å². The van der Waals surface area contributed by atoms with E-state index in [2.05, 4.69) is 51.4 Å². The van der Waals surface area contributed by atoms with E-state index in [1.807, 2.05) is 6.20 Å². The summed E-state index contributed by atoms with van der Waals surface area (Å²) in [5.41, 5.74) is 0. The van der Waals surface area contributed by atoms with Crippen LogP contribution in [0.2, 0.25) is 0 Å². The molecule has 1 fully saturated rings. The molecule has 1 heterocycles. The van der Waals surface area contributed by atoms with Crippen molar-refractivity contribution < 1.29 is 0 Å². The predicted molar refractivity (Wildman–Crippen MR) is 74.6 cm³/mol. The summed E-state index contributed by atoms with van der Waals surface area (Å²) in [4.78, 5) is 10.7. The molecule has 0 amide bonds. The van der Waals surface area contributed by atoms with E-state index in [0.29, 0.717) is 6.04 Å². The van der Waals surface area contributed by atoms with E-state index < -0.39 is 0 Å². The summed E-state index contributed by atoms with van der Waals surface area (Å²) in [6, 6.07) is 0.652. The fourth-order valence-corrected chi connectivity index (χ4v) is 3.05. The number of hydrogen-bond donors (Lipinski definition) is 0. The number of halogens is 1. The van der Waals surface area contributed by atoms with Crippen molar-refractivity contribution >= 4 is 28.4 Å². The van der Waals surface area contributed by atoms with Crippen LogP contribution in [0.4, 0.5) is 5.82 Å². The van der Waals surface area contributed by atoms with Crippen molar-refractivity contribution in [2.24, 2.45) is 5.92 Å². The highest BCUT2D eigenvalue weighted by molar-refractivity contribution is 14.1. The maximum Gasteiger partial charge on any atom is 0.145 e. The van der Waals surface area contributed by atoms with Crippen LogP contribution in [0.1, 0.15) is 32.6 Å². The van der Waals surface area contributed by atoms with E-state index in [0.717, 1.165) is 15.3 Å². The molecule has 0 N–H and O–H groups in total. The van der Waals surface area contributed by atoms with Crippen LogP contribution in [0.3, 0.4) is 0 Å². The molecule has 2 rings (SSSR count). The zero-order valence-corrected chi connectivity index (χ0v) is 12.0. The smallest absolute Gasteiger partial charge is 0.145 e. The molecule has 1 aliphatic carbocycles. The van der Waals surface area contributed by atoms with Crippen LogP contribution >= 0.6 is 22.6 Å². The van der Waals surface area contributed by atoms with Crippen molar-refractivity contribution in [3.63, 3.8) is 0 Å². The third kappa shape index (κ3) is 2.64. The molecule has 0 radical (unpaired) electrons. The molecule has 0 bridgehead atoms. The van der Waals surface area contributed by atoms with Gasteiger partial charge in [0, 0.05) is 19.3 Å². The van der Waals surface area contributed by atoms with Crippen molar-refractivity contribution in [3.05, 3.63) is 16.1 Å². The average molecular weight is 331 g/mol. The molecule has 0 unspecified atom stereocenters. The van der Waals surface area contributed by atoms with Crippen LogP contribution in [-0.2, 0) is 0 Å². The average Bonchev–Trinajstić information content (AvgIpc) is 2.30. The summed E-state index contributed by atoms with van der Waals surface area (Å²) in [5, 5.41) is 0. The minimum absolute atomic E-state index is 0.652. The van der Waals surface area contributed by atoms with Gasteiger partial charge in [-0.2, -0.15) is 0 Å². The van der Waals surface area contributed by atoms with Crippen LogP contribution in [0, 0.1) is 9.49 Å². The molecule has 1 aliphatic rings. The molecule has 0 saturated heterocycles. The molecule has 0 aliphatic heterocycles. The fraction of sp³-hybridized carbons (Fsp3) is 0.667. The Morgan fingerprint density at radius 1 is 1.31 bits per heavy atom. The maximum absolute atomic E-state index is 4.38. The SMILES string of the molecule is CC1CCC(N(C)c2ncncc2I)CC1.